The molecule has 1 aliphatic heterocycles. The fourth-order valence-corrected chi connectivity index (χ4v) is 1.27. The third-order valence-electron chi connectivity index (χ3n) is 2.19. The fourth-order valence-electron chi connectivity index (χ4n) is 1.27. The molecular formula is C9H14N2O. The molecule has 1 fully saturated rings. The maximum absolute atomic E-state index is 5.16. The summed E-state index contributed by atoms with van der Waals surface area (Å²) in [6, 6.07) is 4.01. The van der Waals surface area contributed by atoms with Gasteiger partial charge in [-0.2, -0.15) is 0 Å². The van der Waals surface area contributed by atoms with Crippen molar-refractivity contribution < 1.29 is 4.74 Å². The van der Waals surface area contributed by atoms with Gasteiger partial charge in [-0.1, -0.05) is 6.92 Å². The van der Waals surface area contributed by atoms with Crippen LogP contribution in [0.15, 0.2) is 24.5 Å². The van der Waals surface area contributed by atoms with Gasteiger partial charge in [0.25, 0.3) is 0 Å². The molecular weight excluding hydrogens is 152 g/mol. The standard InChI is InChI=1S/C9H14N2O/c1-9(7-12-8-9)6-10-11-4-2-3-5-11/h2-5,10H,6-8H2,1H3. The zero-order valence-electron chi connectivity index (χ0n) is 7.29. The quantitative estimate of drug-likeness (QED) is 0.727. The number of nitrogens with one attached hydrogen (secondary N) is 1. The van der Waals surface area contributed by atoms with E-state index < -0.39 is 0 Å². The molecule has 0 radical (unpaired) electrons. The minimum atomic E-state index is 0.338. The maximum Gasteiger partial charge on any atom is 0.0559 e. The van der Waals surface area contributed by atoms with E-state index >= 15 is 0 Å². The van der Waals surface area contributed by atoms with Crippen molar-refractivity contribution in [3.05, 3.63) is 24.5 Å². The molecule has 0 saturated carbocycles. The van der Waals surface area contributed by atoms with Gasteiger partial charge in [0, 0.05) is 24.4 Å². The first-order valence-corrected chi connectivity index (χ1v) is 4.23. The highest BCUT2D eigenvalue weighted by molar-refractivity contribution is 4.96. The second-order valence-corrected chi connectivity index (χ2v) is 3.73. The molecule has 66 valence electrons. The van der Waals surface area contributed by atoms with Crippen LogP contribution in [0.2, 0.25) is 0 Å². The SMILES string of the molecule is CC1(CNn2cccc2)COC1. The Morgan fingerprint density at radius 1 is 1.42 bits per heavy atom. The van der Waals surface area contributed by atoms with E-state index in [0.717, 1.165) is 19.8 Å². The zero-order chi connectivity index (χ0) is 8.44. The third kappa shape index (κ3) is 1.46. The highest BCUT2D eigenvalue weighted by Crippen LogP contribution is 2.25. The predicted molar refractivity (Wildman–Crippen MR) is 47.6 cm³/mol. The minimum Gasteiger partial charge on any atom is -0.380 e. The molecule has 1 aromatic heterocycles. The second-order valence-electron chi connectivity index (χ2n) is 3.73. The summed E-state index contributed by atoms with van der Waals surface area (Å²) in [5.41, 5.74) is 3.64. The van der Waals surface area contributed by atoms with Crippen LogP contribution >= 0.6 is 0 Å². The van der Waals surface area contributed by atoms with Gasteiger partial charge in [-0.15, -0.1) is 0 Å². The van der Waals surface area contributed by atoms with E-state index in [2.05, 4.69) is 12.3 Å². The van der Waals surface area contributed by atoms with Crippen molar-refractivity contribution in [1.82, 2.24) is 4.68 Å². The molecule has 0 aliphatic carbocycles. The molecule has 0 spiro atoms. The zero-order valence-corrected chi connectivity index (χ0v) is 7.29. The topological polar surface area (TPSA) is 26.2 Å². The van der Waals surface area contributed by atoms with Crippen LogP contribution in [0, 0.1) is 5.41 Å². The lowest BCUT2D eigenvalue weighted by atomic mass is 9.89. The van der Waals surface area contributed by atoms with Gasteiger partial charge in [0.2, 0.25) is 0 Å². The molecule has 0 atom stereocenters. The van der Waals surface area contributed by atoms with Crippen LogP contribution in [-0.2, 0) is 4.74 Å². The second kappa shape index (κ2) is 2.83. The van der Waals surface area contributed by atoms with Crippen LogP contribution in [0.1, 0.15) is 6.92 Å². The lowest BCUT2D eigenvalue weighted by Gasteiger charge is -2.38. The van der Waals surface area contributed by atoms with Gasteiger partial charge in [-0.05, 0) is 12.1 Å². The summed E-state index contributed by atoms with van der Waals surface area (Å²) in [5.74, 6) is 0. The van der Waals surface area contributed by atoms with Gasteiger partial charge in [-0.3, -0.25) is 4.68 Å². The lowest BCUT2D eigenvalue weighted by Crippen LogP contribution is -2.46. The molecule has 12 heavy (non-hydrogen) atoms. The Morgan fingerprint density at radius 2 is 2.08 bits per heavy atom. The Kier molecular flexibility index (Phi) is 1.81. The Bertz CT molecular complexity index is 239. The van der Waals surface area contributed by atoms with Crippen LogP contribution in [0.25, 0.3) is 0 Å². The molecule has 0 bridgehead atoms. The molecule has 1 aliphatic rings. The number of hydrogen-bond donors (Lipinski definition) is 1. The molecule has 1 N–H and O–H groups in total. The summed E-state index contributed by atoms with van der Waals surface area (Å²) >= 11 is 0. The Labute approximate surface area is 72.3 Å². The Balaban J connectivity index is 1.82. The normalized spacial score (nSPS) is 20.1. The summed E-state index contributed by atoms with van der Waals surface area (Å²) in [5, 5.41) is 0. The average Bonchev–Trinajstić information content (AvgIpc) is 2.49. The van der Waals surface area contributed by atoms with E-state index in [1.165, 1.54) is 0 Å². The lowest BCUT2D eigenvalue weighted by molar-refractivity contribution is -0.0936. The van der Waals surface area contributed by atoms with Gasteiger partial charge in [-0.25, -0.2) is 0 Å². The van der Waals surface area contributed by atoms with Crippen LogP contribution in [0.5, 0.6) is 0 Å². The number of nitrogens with zero attached hydrogens (tertiary/aromatic N) is 1. The summed E-state index contributed by atoms with van der Waals surface area (Å²) in [6.07, 6.45) is 4.01. The van der Waals surface area contributed by atoms with E-state index in [1.54, 1.807) is 0 Å². The first kappa shape index (κ1) is 7.68. The van der Waals surface area contributed by atoms with Crippen LogP contribution in [0.3, 0.4) is 0 Å². The van der Waals surface area contributed by atoms with E-state index in [-0.39, 0.29) is 0 Å². The Hall–Kier alpha value is -0.960. The van der Waals surface area contributed by atoms with Crippen molar-refractivity contribution in [3.8, 4) is 0 Å². The number of aromatic nitrogens is 1. The van der Waals surface area contributed by atoms with Crippen molar-refractivity contribution in [3.63, 3.8) is 0 Å². The monoisotopic (exact) mass is 166 g/mol. The smallest absolute Gasteiger partial charge is 0.0559 e. The predicted octanol–water partition coefficient (Wildman–Crippen LogP) is 1.07. The summed E-state index contributed by atoms with van der Waals surface area (Å²) < 4.78 is 7.13. The van der Waals surface area contributed by atoms with Gasteiger partial charge >= 0.3 is 0 Å². The minimum absolute atomic E-state index is 0.338. The van der Waals surface area contributed by atoms with Crippen LogP contribution in [0.4, 0.5) is 0 Å². The van der Waals surface area contributed by atoms with Crippen molar-refractivity contribution in [1.29, 1.82) is 0 Å². The van der Waals surface area contributed by atoms with Gasteiger partial charge in [0.15, 0.2) is 0 Å². The molecule has 1 aromatic rings. The first-order valence-electron chi connectivity index (χ1n) is 4.23. The molecule has 3 heteroatoms. The molecule has 2 rings (SSSR count). The molecule has 0 unspecified atom stereocenters. The maximum atomic E-state index is 5.16. The van der Waals surface area contributed by atoms with E-state index in [9.17, 15) is 0 Å². The number of rotatable bonds is 3. The molecule has 0 amide bonds. The highest BCUT2D eigenvalue weighted by Gasteiger charge is 2.32. The largest absolute Gasteiger partial charge is 0.380 e. The number of hydrogen-bond acceptors (Lipinski definition) is 2. The van der Waals surface area contributed by atoms with Gasteiger partial charge in [0.05, 0.1) is 13.2 Å². The van der Waals surface area contributed by atoms with Crippen molar-refractivity contribution in [2.75, 3.05) is 25.2 Å². The van der Waals surface area contributed by atoms with E-state index in [0.29, 0.717) is 5.41 Å². The molecule has 2 heterocycles. The first-order chi connectivity index (χ1) is 5.79. The summed E-state index contributed by atoms with van der Waals surface area (Å²) in [4.78, 5) is 0. The van der Waals surface area contributed by atoms with E-state index in [1.807, 2.05) is 29.2 Å². The van der Waals surface area contributed by atoms with E-state index in [4.69, 9.17) is 4.74 Å². The van der Waals surface area contributed by atoms with Crippen molar-refractivity contribution in [2.24, 2.45) is 5.41 Å². The van der Waals surface area contributed by atoms with Crippen LogP contribution < -0.4 is 5.43 Å². The third-order valence-corrected chi connectivity index (χ3v) is 2.19. The van der Waals surface area contributed by atoms with Gasteiger partial charge < -0.3 is 10.2 Å². The summed E-state index contributed by atoms with van der Waals surface area (Å²) in [6.45, 7) is 4.96. The molecule has 1 saturated heterocycles. The fraction of sp³-hybridized carbons (Fsp3) is 0.556. The van der Waals surface area contributed by atoms with Crippen molar-refractivity contribution in [2.45, 2.75) is 6.92 Å². The van der Waals surface area contributed by atoms with Gasteiger partial charge in [0.1, 0.15) is 0 Å². The van der Waals surface area contributed by atoms with Crippen molar-refractivity contribution >= 4 is 0 Å². The summed E-state index contributed by atoms with van der Waals surface area (Å²) in [7, 11) is 0. The van der Waals surface area contributed by atoms with Crippen LogP contribution in [-0.4, -0.2) is 24.4 Å². The molecule has 0 aromatic carbocycles. The molecule has 3 nitrogen and oxygen atoms in total. The number of ether oxygens (including phenoxy) is 1. The average molecular weight is 166 g/mol. The highest BCUT2D eigenvalue weighted by atomic mass is 16.5. The Morgan fingerprint density at radius 3 is 2.58 bits per heavy atom.